The SMILES string of the molecule is CC(C)OCCOC(=O)c1cccc([N+](=O)[O-])c1. The Bertz CT molecular complexity index is 430. The van der Waals surface area contributed by atoms with E-state index in [0.29, 0.717) is 6.61 Å². The van der Waals surface area contributed by atoms with Crippen molar-refractivity contribution < 1.29 is 19.2 Å². The summed E-state index contributed by atoms with van der Waals surface area (Å²) in [6.07, 6.45) is 0.0708. The lowest BCUT2D eigenvalue weighted by atomic mass is 10.2. The lowest BCUT2D eigenvalue weighted by Crippen LogP contribution is -2.13. The van der Waals surface area contributed by atoms with Gasteiger partial charge in [0.05, 0.1) is 23.2 Å². The average molecular weight is 253 g/mol. The molecule has 0 atom stereocenters. The number of nitro benzene ring substituents is 1. The summed E-state index contributed by atoms with van der Waals surface area (Å²) in [6.45, 7) is 4.18. The highest BCUT2D eigenvalue weighted by atomic mass is 16.6. The number of carbonyl (C=O) groups is 1. The third-order valence-corrected chi connectivity index (χ3v) is 2.06. The van der Waals surface area contributed by atoms with Gasteiger partial charge in [0, 0.05) is 12.1 Å². The van der Waals surface area contributed by atoms with Gasteiger partial charge < -0.3 is 9.47 Å². The third-order valence-electron chi connectivity index (χ3n) is 2.06. The van der Waals surface area contributed by atoms with Crippen LogP contribution in [0, 0.1) is 10.1 Å². The normalized spacial score (nSPS) is 10.4. The molecule has 98 valence electrons. The van der Waals surface area contributed by atoms with E-state index < -0.39 is 10.9 Å². The van der Waals surface area contributed by atoms with Crippen molar-refractivity contribution in [2.75, 3.05) is 13.2 Å². The van der Waals surface area contributed by atoms with E-state index >= 15 is 0 Å². The number of benzene rings is 1. The highest BCUT2D eigenvalue weighted by Gasteiger charge is 2.12. The number of esters is 1. The number of rotatable bonds is 6. The van der Waals surface area contributed by atoms with Crippen molar-refractivity contribution >= 4 is 11.7 Å². The molecular formula is C12H15NO5. The molecule has 0 unspecified atom stereocenters. The van der Waals surface area contributed by atoms with Crippen LogP contribution in [0.4, 0.5) is 5.69 Å². The van der Waals surface area contributed by atoms with Crippen LogP contribution in [-0.2, 0) is 9.47 Å². The maximum absolute atomic E-state index is 11.6. The number of non-ortho nitro benzene ring substituents is 1. The molecule has 0 saturated carbocycles. The topological polar surface area (TPSA) is 78.7 Å². The van der Waals surface area contributed by atoms with Crippen LogP contribution in [0.5, 0.6) is 0 Å². The van der Waals surface area contributed by atoms with Gasteiger partial charge >= 0.3 is 5.97 Å². The molecule has 1 aromatic rings. The minimum atomic E-state index is -0.592. The first-order valence-electron chi connectivity index (χ1n) is 5.54. The summed E-state index contributed by atoms with van der Waals surface area (Å²) in [7, 11) is 0. The van der Waals surface area contributed by atoms with Crippen LogP contribution in [0.15, 0.2) is 24.3 Å². The predicted molar refractivity (Wildman–Crippen MR) is 64.5 cm³/mol. The average Bonchev–Trinajstić information content (AvgIpc) is 2.34. The second-order valence-corrected chi connectivity index (χ2v) is 3.86. The molecule has 18 heavy (non-hydrogen) atoms. The highest BCUT2D eigenvalue weighted by molar-refractivity contribution is 5.90. The van der Waals surface area contributed by atoms with Crippen LogP contribution in [0.2, 0.25) is 0 Å². The molecule has 0 amide bonds. The van der Waals surface area contributed by atoms with Gasteiger partial charge in [-0.15, -0.1) is 0 Å². The van der Waals surface area contributed by atoms with Gasteiger partial charge in [-0.2, -0.15) is 0 Å². The van der Waals surface area contributed by atoms with Crippen LogP contribution in [-0.4, -0.2) is 30.2 Å². The monoisotopic (exact) mass is 253 g/mol. The molecule has 0 bridgehead atoms. The fourth-order valence-electron chi connectivity index (χ4n) is 1.25. The molecule has 0 aliphatic heterocycles. The van der Waals surface area contributed by atoms with Crippen LogP contribution in [0.1, 0.15) is 24.2 Å². The van der Waals surface area contributed by atoms with Crippen LogP contribution in [0.3, 0.4) is 0 Å². The summed E-state index contributed by atoms with van der Waals surface area (Å²) >= 11 is 0. The minimum Gasteiger partial charge on any atom is -0.460 e. The molecule has 6 nitrogen and oxygen atoms in total. The van der Waals surface area contributed by atoms with Crippen molar-refractivity contribution in [3.63, 3.8) is 0 Å². The molecular weight excluding hydrogens is 238 g/mol. The molecule has 0 heterocycles. The van der Waals surface area contributed by atoms with Crippen molar-refractivity contribution in [3.05, 3.63) is 39.9 Å². The summed E-state index contributed by atoms with van der Waals surface area (Å²) < 4.78 is 10.1. The van der Waals surface area contributed by atoms with E-state index in [0.717, 1.165) is 0 Å². The van der Waals surface area contributed by atoms with E-state index in [-0.39, 0.29) is 24.0 Å². The Hall–Kier alpha value is -1.95. The molecule has 0 saturated heterocycles. The zero-order valence-electron chi connectivity index (χ0n) is 10.3. The number of ether oxygens (including phenoxy) is 2. The van der Waals surface area contributed by atoms with Gasteiger partial charge in [0.2, 0.25) is 0 Å². The van der Waals surface area contributed by atoms with Crippen molar-refractivity contribution in [2.45, 2.75) is 20.0 Å². The quantitative estimate of drug-likeness (QED) is 0.336. The van der Waals surface area contributed by atoms with Gasteiger partial charge in [-0.25, -0.2) is 4.79 Å². The second-order valence-electron chi connectivity index (χ2n) is 3.86. The Morgan fingerprint density at radius 3 is 2.72 bits per heavy atom. The van der Waals surface area contributed by atoms with Crippen LogP contribution < -0.4 is 0 Å². The number of nitrogens with zero attached hydrogens (tertiary/aromatic N) is 1. The summed E-state index contributed by atoms with van der Waals surface area (Å²) in [5.41, 5.74) is 0.0247. The zero-order valence-corrected chi connectivity index (χ0v) is 10.3. The number of hydrogen-bond donors (Lipinski definition) is 0. The molecule has 6 heteroatoms. The molecule has 0 N–H and O–H groups in total. The Morgan fingerprint density at radius 1 is 1.39 bits per heavy atom. The number of carbonyl (C=O) groups excluding carboxylic acids is 1. The fraction of sp³-hybridized carbons (Fsp3) is 0.417. The lowest BCUT2D eigenvalue weighted by Gasteiger charge is -2.08. The standard InChI is InChI=1S/C12H15NO5/c1-9(2)17-6-7-18-12(14)10-4-3-5-11(8-10)13(15)16/h3-5,8-9H,6-7H2,1-2H3. The van der Waals surface area contributed by atoms with E-state index in [2.05, 4.69) is 0 Å². The van der Waals surface area contributed by atoms with Gasteiger partial charge in [-0.1, -0.05) is 6.07 Å². The summed E-state index contributed by atoms with van der Waals surface area (Å²) in [5.74, 6) is -0.592. The molecule has 1 aromatic carbocycles. The maximum atomic E-state index is 11.6. The Balaban J connectivity index is 2.51. The largest absolute Gasteiger partial charge is 0.460 e. The molecule has 0 fully saturated rings. The molecule has 0 radical (unpaired) electrons. The smallest absolute Gasteiger partial charge is 0.338 e. The van der Waals surface area contributed by atoms with Gasteiger partial charge in [-0.05, 0) is 19.9 Å². The summed E-state index contributed by atoms with van der Waals surface area (Å²) in [5, 5.41) is 10.5. The highest BCUT2D eigenvalue weighted by Crippen LogP contribution is 2.13. The van der Waals surface area contributed by atoms with Crippen molar-refractivity contribution in [3.8, 4) is 0 Å². The van der Waals surface area contributed by atoms with E-state index in [1.807, 2.05) is 13.8 Å². The van der Waals surface area contributed by atoms with E-state index in [4.69, 9.17) is 9.47 Å². The van der Waals surface area contributed by atoms with Crippen molar-refractivity contribution in [2.24, 2.45) is 0 Å². The van der Waals surface area contributed by atoms with Crippen molar-refractivity contribution in [1.29, 1.82) is 0 Å². The van der Waals surface area contributed by atoms with Gasteiger partial charge in [0.1, 0.15) is 6.61 Å². The first kappa shape index (κ1) is 14.1. The number of nitro groups is 1. The fourth-order valence-corrected chi connectivity index (χ4v) is 1.25. The molecule has 0 aliphatic carbocycles. The predicted octanol–water partition coefficient (Wildman–Crippen LogP) is 2.18. The first-order valence-corrected chi connectivity index (χ1v) is 5.54. The van der Waals surface area contributed by atoms with Crippen LogP contribution >= 0.6 is 0 Å². The van der Waals surface area contributed by atoms with E-state index in [1.54, 1.807) is 0 Å². The second kappa shape index (κ2) is 6.70. The van der Waals surface area contributed by atoms with E-state index in [1.165, 1.54) is 24.3 Å². The molecule has 0 spiro atoms. The number of hydrogen-bond acceptors (Lipinski definition) is 5. The van der Waals surface area contributed by atoms with Crippen molar-refractivity contribution in [1.82, 2.24) is 0 Å². The van der Waals surface area contributed by atoms with Gasteiger partial charge in [-0.3, -0.25) is 10.1 Å². The summed E-state index contributed by atoms with van der Waals surface area (Å²) in [6, 6.07) is 5.42. The van der Waals surface area contributed by atoms with Gasteiger partial charge in [0.15, 0.2) is 0 Å². The van der Waals surface area contributed by atoms with Gasteiger partial charge in [0.25, 0.3) is 5.69 Å². The first-order chi connectivity index (χ1) is 8.50. The Labute approximate surface area is 105 Å². The van der Waals surface area contributed by atoms with E-state index in [9.17, 15) is 14.9 Å². The van der Waals surface area contributed by atoms with Crippen LogP contribution in [0.25, 0.3) is 0 Å². The molecule has 0 aromatic heterocycles. The maximum Gasteiger partial charge on any atom is 0.338 e. The molecule has 0 aliphatic rings. The Kier molecular flexibility index (Phi) is 5.26. The summed E-state index contributed by atoms with van der Waals surface area (Å²) in [4.78, 5) is 21.6. The Morgan fingerprint density at radius 2 is 2.11 bits per heavy atom. The zero-order chi connectivity index (χ0) is 13.5. The third kappa shape index (κ3) is 4.50. The lowest BCUT2D eigenvalue weighted by molar-refractivity contribution is -0.384. The minimum absolute atomic E-state index is 0.0708. The molecule has 1 rings (SSSR count).